The highest BCUT2D eigenvalue weighted by atomic mass is 32.2. The van der Waals surface area contributed by atoms with E-state index in [4.69, 9.17) is 9.47 Å². The van der Waals surface area contributed by atoms with E-state index in [1.54, 1.807) is 61.4 Å². The van der Waals surface area contributed by atoms with Crippen LogP contribution in [0.3, 0.4) is 0 Å². The first-order valence-corrected chi connectivity index (χ1v) is 13.8. The van der Waals surface area contributed by atoms with E-state index >= 15 is 0 Å². The number of nitrogens with one attached hydrogen (secondary N) is 2. The first-order valence-electron chi connectivity index (χ1n) is 12.3. The van der Waals surface area contributed by atoms with Gasteiger partial charge >= 0.3 is 6.03 Å². The number of fused-ring (bicyclic) bond motifs is 1. The van der Waals surface area contributed by atoms with Crippen molar-refractivity contribution in [1.82, 2.24) is 19.8 Å². The topological polar surface area (TPSA) is 132 Å². The van der Waals surface area contributed by atoms with Crippen LogP contribution in [0.15, 0.2) is 90.1 Å². The Morgan fingerprint density at radius 2 is 1.75 bits per heavy atom. The van der Waals surface area contributed by atoms with Gasteiger partial charge in [0.25, 0.3) is 10.0 Å². The first-order chi connectivity index (χ1) is 19.2. The standard InChI is InChI=1S/C28H27N5O6S/c1-32-17-20(16-29-32)22-10-6-7-11-26(22)40(36,37)31-28(35)30-23(14-19-8-4-3-5-9-19)27(34)33(2)21-12-13-24-25(15-21)39-18-38-24/h3-13,15-17,23H,14,18H2,1-2H3,(H2,30,31,35). The number of aryl methyl sites for hydroxylation is 1. The van der Waals surface area contributed by atoms with E-state index in [9.17, 15) is 18.0 Å². The van der Waals surface area contributed by atoms with Crippen LogP contribution >= 0.6 is 0 Å². The number of sulfonamides is 1. The van der Waals surface area contributed by atoms with Crippen molar-refractivity contribution in [3.63, 3.8) is 0 Å². The normalized spacial score (nSPS) is 12.9. The largest absolute Gasteiger partial charge is 0.454 e. The van der Waals surface area contributed by atoms with E-state index in [1.165, 1.54) is 17.2 Å². The van der Waals surface area contributed by atoms with Crippen LogP contribution in [0.1, 0.15) is 5.56 Å². The molecule has 0 saturated heterocycles. The Hall–Kier alpha value is -4.84. The third kappa shape index (κ3) is 5.76. The molecule has 1 unspecified atom stereocenters. The number of rotatable bonds is 8. The van der Waals surface area contributed by atoms with Gasteiger partial charge in [0.05, 0.1) is 11.1 Å². The maximum Gasteiger partial charge on any atom is 0.329 e. The van der Waals surface area contributed by atoms with Gasteiger partial charge in [-0.3, -0.25) is 9.48 Å². The lowest BCUT2D eigenvalue weighted by molar-refractivity contribution is -0.120. The number of carbonyl (C=O) groups excluding carboxylic acids is 2. The zero-order valence-corrected chi connectivity index (χ0v) is 22.6. The van der Waals surface area contributed by atoms with Crippen molar-refractivity contribution in [2.24, 2.45) is 7.05 Å². The summed E-state index contributed by atoms with van der Waals surface area (Å²) in [5, 5.41) is 6.67. The van der Waals surface area contributed by atoms with Crippen LogP contribution in [0, 0.1) is 0 Å². The van der Waals surface area contributed by atoms with Crippen molar-refractivity contribution in [3.8, 4) is 22.6 Å². The van der Waals surface area contributed by atoms with Gasteiger partial charge in [-0.2, -0.15) is 5.10 Å². The fourth-order valence-corrected chi connectivity index (χ4v) is 5.52. The number of aromatic nitrogens is 2. The summed E-state index contributed by atoms with van der Waals surface area (Å²) in [5.74, 6) is 0.617. The molecule has 12 heteroatoms. The second-order valence-electron chi connectivity index (χ2n) is 9.15. The van der Waals surface area contributed by atoms with Gasteiger partial charge in [-0.25, -0.2) is 17.9 Å². The predicted molar refractivity (Wildman–Crippen MR) is 147 cm³/mol. The van der Waals surface area contributed by atoms with Crippen LogP contribution in [-0.4, -0.2) is 50.0 Å². The molecule has 11 nitrogen and oxygen atoms in total. The molecule has 5 rings (SSSR count). The lowest BCUT2D eigenvalue weighted by atomic mass is 10.0. The number of ether oxygens (including phenoxy) is 2. The van der Waals surface area contributed by atoms with Gasteiger partial charge in [-0.15, -0.1) is 0 Å². The fraction of sp³-hybridized carbons (Fsp3) is 0.179. The van der Waals surface area contributed by atoms with E-state index in [0.29, 0.717) is 28.3 Å². The molecule has 0 saturated carbocycles. The number of benzene rings is 3. The first kappa shape index (κ1) is 26.8. The van der Waals surface area contributed by atoms with Crippen LogP contribution in [0.5, 0.6) is 11.5 Å². The van der Waals surface area contributed by atoms with E-state index in [0.717, 1.165) is 5.56 Å². The second-order valence-corrected chi connectivity index (χ2v) is 10.8. The Bertz CT molecular complexity index is 1650. The average Bonchev–Trinajstić information content (AvgIpc) is 3.60. The Balaban J connectivity index is 1.37. The summed E-state index contributed by atoms with van der Waals surface area (Å²) in [7, 11) is -1.02. The average molecular weight is 562 g/mol. The highest BCUT2D eigenvalue weighted by Gasteiger charge is 2.29. The minimum atomic E-state index is -4.31. The van der Waals surface area contributed by atoms with Gasteiger partial charge < -0.3 is 19.7 Å². The van der Waals surface area contributed by atoms with Crippen LogP contribution in [0.2, 0.25) is 0 Å². The Morgan fingerprint density at radius 1 is 1.02 bits per heavy atom. The summed E-state index contributed by atoms with van der Waals surface area (Å²) in [6.07, 6.45) is 3.35. The molecule has 2 heterocycles. The number of hydrogen-bond acceptors (Lipinski definition) is 7. The number of nitrogens with zero attached hydrogens (tertiary/aromatic N) is 3. The number of hydrogen-bond donors (Lipinski definition) is 2. The number of carbonyl (C=O) groups is 2. The molecule has 1 aliphatic heterocycles. The Kier molecular flexibility index (Phi) is 7.43. The van der Waals surface area contributed by atoms with E-state index in [1.807, 2.05) is 30.3 Å². The molecule has 0 bridgehead atoms. The van der Waals surface area contributed by atoms with Gasteiger partial charge in [-0.05, 0) is 23.8 Å². The Labute approximate surface area is 231 Å². The summed E-state index contributed by atoms with van der Waals surface area (Å²) in [4.78, 5) is 28.0. The number of urea groups is 1. The third-order valence-corrected chi connectivity index (χ3v) is 7.77. The molecule has 1 atom stereocenters. The molecule has 4 aromatic rings. The summed E-state index contributed by atoms with van der Waals surface area (Å²) in [6, 6.07) is 18.4. The van der Waals surface area contributed by atoms with Crippen LogP contribution in [-0.2, 0) is 28.3 Å². The maximum atomic E-state index is 13.6. The van der Waals surface area contributed by atoms with E-state index < -0.39 is 28.0 Å². The predicted octanol–water partition coefficient (Wildman–Crippen LogP) is 3.08. The summed E-state index contributed by atoms with van der Waals surface area (Å²) < 4.78 is 41.0. The zero-order chi connectivity index (χ0) is 28.3. The third-order valence-electron chi connectivity index (χ3n) is 6.38. The molecule has 3 amide bonds. The molecule has 0 aliphatic carbocycles. The smallest absolute Gasteiger partial charge is 0.329 e. The van der Waals surface area contributed by atoms with Crippen LogP contribution < -0.4 is 24.4 Å². The summed E-state index contributed by atoms with van der Waals surface area (Å²) in [5.41, 5.74) is 2.26. The maximum absolute atomic E-state index is 13.6. The SMILES string of the molecule is CN(C(=O)C(Cc1ccccc1)NC(=O)NS(=O)(=O)c1ccccc1-c1cnn(C)c1)c1ccc2c(c1)OCO2. The Morgan fingerprint density at radius 3 is 2.50 bits per heavy atom. The fourth-order valence-electron chi connectivity index (χ4n) is 4.37. The molecule has 1 aliphatic rings. The molecular weight excluding hydrogens is 534 g/mol. The van der Waals surface area contributed by atoms with Gasteiger partial charge in [0.15, 0.2) is 11.5 Å². The van der Waals surface area contributed by atoms with Gasteiger partial charge in [0.2, 0.25) is 12.7 Å². The van der Waals surface area contributed by atoms with Crippen molar-refractivity contribution in [3.05, 3.63) is 90.8 Å². The van der Waals surface area contributed by atoms with Crippen molar-refractivity contribution < 1.29 is 27.5 Å². The van der Waals surface area contributed by atoms with Crippen molar-refractivity contribution in [1.29, 1.82) is 0 Å². The number of anilines is 1. The van der Waals surface area contributed by atoms with Crippen molar-refractivity contribution >= 4 is 27.6 Å². The molecule has 0 radical (unpaired) electrons. The van der Waals surface area contributed by atoms with E-state index in [2.05, 4.69) is 15.1 Å². The molecule has 2 N–H and O–H groups in total. The monoisotopic (exact) mass is 561 g/mol. The minimum Gasteiger partial charge on any atom is -0.454 e. The lowest BCUT2D eigenvalue weighted by Crippen LogP contribution is -2.52. The van der Waals surface area contributed by atoms with Crippen molar-refractivity contribution in [2.45, 2.75) is 17.4 Å². The minimum absolute atomic E-state index is 0.0905. The van der Waals surface area contributed by atoms with Crippen molar-refractivity contribution in [2.75, 3.05) is 18.7 Å². The quantitative estimate of drug-likeness (QED) is 0.338. The number of likely N-dealkylation sites (N-methyl/N-ethyl adjacent to an activating group) is 1. The highest BCUT2D eigenvalue weighted by molar-refractivity contribution is 7.90. The molecule has 206 valence electrons. The molecular formula is C28H27N5O6S. The van der Waals surface area contributed by atoms with Gasteiger partial charge in [0.1, 0.15) is 6.04 Å². The van der Waals surface area contributed by atoms with Gasteiger partial charge in [0, 0.05) is 49.6 Å². The molecule has 3 aromatic carbocycles. The molecule has 40 heavy (non-hydrogen) atoms. The molecule has 0 spiro atoms. The van der Waals surface area contributed by atoms with Crippen LogP contribution in [0.4, 0.5) is 10.5 Å². The molecule has 0 fully saturated rings. The summed E-state index contributed by atoms with van der Waals surface area (Å²) >= 11 is 0. The van der Waals surface area contributed by atoms with Gasteiger partial charge in [-0.1, -0.05) is 48.5 Å². The van der Waals surface area contributed by atoms with Crippen LogP contribution in [0.25, 0.3) is 11.1 Å². The lowest BCUT2D eigenvalue weighted by Gasteiger charge is -2.25. The molecule has 1 aromatic heterocycles. The second kappa shape index (κ2) is 11.1. The zero-order valence-electron chi connectivity index (χ0n) is 21.8. The van der Waals surface area contributed by atoms with E-state index in [-0.39, 0.29) is 18.1 Å². The number of amides is 3. The highest BCUT2D eigenvalue weighted by Crippen LogP contribution is 2.35. The summed E-state index contributed by atoms with van der Waals surface area (Å²) in [6.45, 7) is 0.0905.